The first-order chi connectivity index (χ1) is 14.7. The summed E-state index contributed by atoms with van der Waals surface area (Å²) >= 11 is 6.07. The Hall–Kier alpha value is -3.18. The van der Waals surface area contributed by atoms with Gasteiger partial charge in [-0.15, -0.1) is 0 Å². The molecule has 2 aliphatic rings. The molecule has 0 amide bonds. The van der Waals surface area contributed by atoms with Crippen molar-refractivity contribution in [2.45, 2.75) is 18.7 Å². The zero-order valence-electron chi connectivity index (χ0n) is 16.7. The molecular formula is C24H21ClN2O3. The number of halogens is 1. The number of hydrogen-bond acceptors (Lipinski definition) is 5. The summed E-state index contributed by atoms with van der Waals surface area (Å²) in [5.41, 5.74) is 4.14. The lowest BCUT2D eigenvalue weighted by atomic mass is 9.95. The molecule has 0 N–H and O–H groups in total. The molecule has 5 rings (SSSR count). The minimum Gasteiger partial charge on any atom is -0.497 e. The van der Waals surface area contributed by atoms with Crippen molar-refractivity contribution in [2.75, 3.05) is 14.2 Å². The average molecular weight is 421 g/mol. The molecule has 5 nitrogen and oxygen atoms in total. The van der Waals surface area contributed by atoms with Gasteiger partial charge in [0.05, 0.1) is 26.0 Å². The number of rotatable bonds is 4. The predicted octanol–water partition coefficient (Wildman–Crippen LogP) is 5.60. The van der Waals surface area contributed by atoms with Crippen LogP contribution in [-0.4, -0.2) is 24.9 Å². The first-order valence-electron chi connectivity index (χ1n) is 9.77. The maximum Gasteiger partial charge on any atom is 0.214 e. The quantitative estimate of drug-likeness (QED) is 0.551. The molecule has 0 saturated heterocycles. The predicted molar refractivity (Wildman–Crippen MR) is 117 cm³/mol. The Morgan fingerprint density at radius 3 is 2.43 bits per heavy atom. The zero-order valence-corrected chi connectivity index (χ0v) is 17.5. The van der Waals surface area contributed by atoms with Crippen molar-refractivity contribution in [1.82, 2.24) is 5.01 Å². The van der Waals surface area contributed by atoms with Crippen molar-refractivity contribution in [1.29, 1.82) is 0 Å². The van der Waals surface area contributed by atoms with Crippen LogP contribution in [0, 0.1) is 0 Å². The van der Waals surface area contributed by atoms with Gasteiger partial charge < -0.3 is 14.2 Å². The summed E-state index contributed by atoms with van der Waals surface area (Å²) in [5, 5.41) is 7.74. The number of benzene rings is 3. The van der Waals surface area contributed by atoms with Crippen LogP contribution in [0.15, 0.2) is 71.8 Å². The highest BCUT2D eigenvalue weighted by Gasteiger charge is 2.42. The van der Waals surface area contributed by atoms with Gasteiger partial charge in [0.2, 0.25) is 6.23 Å². The third-order valence-corrected chi connectivity index (χ3v) is 5.83. The number of methoxy groups -OCH3 is 2. The topological polar surface area (TPSA) is 43.3 Å². The summed E-state index contributed by atoms with van der Waals surface area (Å²) < 4.78 is 17.4. The Morgan fingerprint density at radius 2 is 1.73 bits per heavy atom. The molecule has 30 heavy (non-hydrogen) atoms. The monoisotopic (exact) mass is 420 g/mol. The van der Waals surface area contributed by atoms with E-state index in [9.17, 15) is 0 Å². The lowest BCUT2D eigenvalue weighted by Crippen LogP contribution is -2.33. The van der Waals surface area contributed by atoms with Crippen molar-refractivity contribution < 1.29 is 14.2 Å². The molecule has 3 aromatic carbocycles. The molecule has 3 aromatic rings. The van der Waals surface area contributed by atoms with E-state index >= 15 is 0 Å². The minimum absolute atomic E-state index is 0.0571. The van der Waals surface area contributed by atoms with E-state index in [4.69, 9.17) is 30.9 Å². The van der Waals surface area contributed by atoms with Gasteiger partial charge in [0.1, 0.15) is 5.75 Å². The third kappa shape index (κ3) is 3.15. The standard InChI is InChI=1S/C24H21ClN2O3/c1-28-18-12-8-16(9-13-18)24-27-21(19-4-3-5-22(29-2)23(19)30-24)14-20(26-27)15-6-10-17(25)11-7-15/h3-13,21,24H,14H2,1-2H3. The summed E-state index contributed by atoms with van der Waals surface area (Å²) in [6, 6.07) is 21.8. The SMILES string of the molecule is COc1ccc(C2Oc3c(OC)cccc3C3CC(c4ccc(Cl)cc4)=NN32)cc1. The number of hydrazone groups is 1. The van der Waals surface area contributed by atoms with Gasteiger partial charge in [-0.05, 0) is 48.0 Å². The van der Waals surface area contributed by atoms with Crippen molar-refractivity contribution in [2.24, 2.45) is 5.10 Å². The van der Waals surface area contributed by atoms with Crippen LogP contribution in [0.25, 0.3) is 0 Å². The first kappa shape index (κ1) is 18.8. The summed E-state index contributed by atoms with van der Waals surface area (Å²) in [5.74, 6) is 2.30. The van der Waals surface area contributed by atoms with Crippen LogP contribution in [0.2, 0.25) is 5.02 Å². The Kier molecular flexibility index (Phi) is 4.75. The third-order valence-electron chi connectivity index (χ3n) is 5.58. The molecule has 0 radical (unpaired) electrons. The van der Waals surface area contributed by atoms with Gasteiger partial charge in [-0.3, -0.25) is 0 Å². The molecule has 2 atom stereocenters. The summed E-state index contributed by atoms with van der Waals surface area (Å²) in [7, 11) is 3.32. The van der Waals surface area contributed by atoms with E-state index in [-0.39, 0.29) is 12.3 Å². The van der Waals surface area contributed by atoms with Crippen LogP contribution >= 0.6 is 11.6 Å². The normalized spacial score (nSPS) is 19.4. The lowest BCUT2D eigenvalue weighted by molar-refractivity contribution is -0.0209. The Balaban J connectivity index is 1.59. The second kappa shape index (κ2) is 7.58. The molecule has 152 valence electrons. The van der Waals surface area contributed by atoms with Crippen LogP contribution in [-0.2, 0) is 0 Å². The highest BCUT2D eigenvalue weighted by molar-refractivity contribution is 6.30. The molecule has 6 heteroatoms. The zero-order chi connectivity index (χ0) is 20.7. The van der Waals surface area contributed by atoms with Gasteiger partial charge in [-0.25, -0.2) is 5.01 Å². The second-order valence-electron chi connectivity index (χ2n) is 7.28. The van der Waals surface area contributed by atoms with Crippen molar-refractivity contribution in [3.8, 4) is 17.2 Å². The molecule has 2 heterocycles. The minimum atomic E-state index is -0.366. The van der Waals surface area contributed by atoms with Gasteiger partial charge in [0, 0.05) is 22.6 Å². The van der Waals surface area contributed by atoms with E-state index in [1.54, 1.807) is 14.2 Å². The largest absolute Gasteiger partial charge is 0.497 e. The van der Waals surface area contributed by atoms with E-state index in [1.165, 1.54) is 0 Å². The summed E-state index contributed by atoms with van der Waals surface area (Å²) in [6.07, 6.45) is 0.409. The van der Waals surface area contributed by atoms with E-state index in [1.807, 2.05) is 65.7 Å². The molecular weight excluding hydrogens is 400 g/mol. The van der Waals surface area contributed by atoms with Gasteiger partial charge in [-0.2, -0.15) is 5.10 Å². The van der Waals surface area contributed by atoms with E-state index in [0.29, 0.717) is 5.02 Å². The number of para-hydroxylation sites is 1. The molecule has 0 fully saturated rings. The number of nitrogens with zero attached hydrogens (tertiary/aromatic N) is 2. The highest BCUT2D eigenvalue weighted by atomic mass is 35.5. The van der Waals surface area contributed by atoms with E-state index in [0.717, 1.165) is 46.1 Å². The lowest BCUT2D eigenvalue weighted by Gasteiger charge is -2.38. The highest BCUT2D eigenvalue weighted by Crippen LogP contribution is 2.50. The molecule has 0 bridgehead atoms. The number of fused-ring (bicyclic) bond motifs is 3. The van der Waals surface area contributed by atoms with Gasteiger partial charge in [0.25, 0.3) is 0 Å². The molecule has 0 spiro atoms. The Labute approximate surface area is 180 Å². The average Bonchev–Trinajstić information content (AvgIpc) is 3.24. The van der Waals surface area contributed by atoms with Crippen LogP contribution in [0.5, 0.6) is 17.2 Å². The Bertz CT molecular complexity index is 1100. The first-order valence-corrected chi connectivity index (χ1v) is 10.1. The van der Waals surface area contributed by atoms with Crippen molar-refractivity contribution >= 4 is 17.3 Å². The number of hydrogen-bond donors (Lipinski definition) is 0. The maximum absolute atomic E-state index is 6.46. The van der Waals surface area contributed by atoms with Crippen LogP contribution in [0.4, 0.5) is 0 Å². The fraction of sp³-hybridized carbons (Fsp3) is 0.208. The molecule has 2 unspecified atom stereocenters. The molecule has 0 saturated carbocycles. The second-order valence-corrected chi connectivity index (χ2v) is 7.71. The van der Waals surface area contributed by atoms with Crippen molar-refractivity contribution in [3.05, 3.63) is 88.4 Å². The van der Waals surface area contributed by atoms with Crippen molar-refractivity contribution in [3.63, 3.8) is 0 Å². The van der Waals surface area contributed by atoms with Gasteiger partial charge >= 0.3 is 0 Å². The van der Waals surface area contributed by atoms with E-state index < -0.39 is 0 Å². The van der Waals surface area contributed by atoms with Crippen LogP contribution in [0.3, 0.4) is 0 Å². The fourth-order valence-electron chi connectivity index (χ4n) is 4.05. The summed E-state index contributed by atoms with van der Waals surface area (Å²) in [6.45, 7) is 0. The van der Waals surface area contributed by atoms with Gasteiger partial charge in [-0.1, -0.05) is 35.9 Å². The van der Waals surface area contributed by atoms with Crippen LogP contribution < -0.4 is 14.2 Å². The maximum atomic E-state index is 6.46. The molecule has 0 aliphatic carbocycles. The van der Waals surface area contributed by atoms with Crippen LogP contribution in [0.1, 0.15) is 35.4 Å². The molecule has 0 aromatic heterocycles. The van der Waals surface area contributed by atoms with Gasteiger partial charge in [0.15, 0.2) is 11.5 Å². The number of ether oxygens (including phenoxy) is 3. The summed E-state index contributed by atoms with van der Waals surface area (Å²) in [4.78, 5) is 0. The van der Waals surface area contributed by atoms with E-state index in [2.05, 4.69) is 6.07 Å². The molecule has 2 aliphatic heterocycles. The fourth-order valence-corrected chi connectivity index (χ4v) is 4.18. The Morgan fingerprint density at radius 1 is 0.967 bits per heavy atom. The smallest absolute Gasteiger partial charge is 0.214 e.